The van der Waals surface area contributed by atoms with Gasteiger partial charge in [0, 0.05) is 60.7 Å². The van der Waals surface area contributed by atoms with Crippen LogP contribution in [0.2, 0.25) is 0 Å². The molecule has 4 bridgehead atoms. The van der Waals surface area contributed by atoms with Crippen LogP contribution in [0.15, 0.2) is 71.8 Å². The van der Waals surface area contributed by atoms with E-state index in [0.717, 1.165) is 60.8 Å². The molecular formula is C42H44Br2N6O2. The SMILES string of the molecule is N#CC[N+]12CC[C@@]34c5ccccc5N5[C@@H]6OCC=C7C[N+]8(CC#N)CC[C@]9%10c%11ccccc%11N([C@@H]%11OCC=C(C1)[C@H](C[C@@H]32)[C@@H]%11[C@H]54)[C@H]9[C@H]6[C@H]7C[C@@H]%108.[Br-].[Br-]. The fourth-order valence-corrected chi connectivity index (χ4v) is 16.1. The second-order valence-electron chi connectivity index (χ2n) is 18.0. The molecule has 2 spiro atoms. The van der Waals surface area contributed by atoms with Gasteiger partial charge in [0.1, 0.15) is 49.8 Å². The van der Waals surface area contributed by atoms with Crippen molar-refractivity contribution in [3.8, 4) is 12.1 Å². The Hall–Kier alpha value is -2.70. The van der Waals surface area contributed by atoms with E-state index in [9.17, 15) is 10.5 Å². The third-order valence-corrected chi connectivity index (χ3v) is 17.2. The molecule has 2 saturated carbocycles. The number of fused-ring (bicyclic) bond motifs is 6. The molecule has 8 nitrogen and oxygen atoms in total. The molecule has 14 atom stereocenters. The quantitative estimate of drug-likeness (QED) is 0.206. The van der Waals surface area contributed by atoms with E-state index < -0.39 is 0 Å². The number of anilines is 2. The van der Waals surface area contributed by atoms with E-state index in [0.29, 0.717) is 50.2 Å². The van der Waals surface area contributed by atoms with E-state index in [1.54, 1.807) is 11.1 Å². The summed E-state index contributed by atoms with van der Waals surface area (Å²) in [6.45, 7) is 6.56. The standard InChI is InChI=1S/C42H44N6O2.2BrH/c43-13-17-47-15-11-41-29-5-1-3-7-31(29)45-37(41)35-27(21-33(41)47)25(23-47)10-20-50-40(35)46-32-8-4-2-6-30(32)42-12-16-48(18-14-44)24-26-9-19-49-39(45)36(38(42)46)28(26)22-34(42)48;;/h1-10,27-28,33-40H,11-12,15-24H2;2*1H/q+2;;/p-2/t27-,28-,33-,34-,35+,36+,37-,38-,39+,40+,41+,42+,47?,48?;;/m0../s1. The molecule has 9 heterocycles. The van der Waals surface area contributed by atoms with Gasteiger partial charge < -0.3 is 62.2 Å². The summed E-state index contributed by atoms with van der Waals surface area (Å²) in [5.74, 6) is 1.40. The lowest BCUT2D eigenvalue weighted by atomic mass is 9.52. The van der Waals surface area contributed by atoms with Crippen molar-refractivity contribution < 1.29 is 52.4 Å². The fraction of sp³-hybridized carbons (Fsp3) is 0.571. The predicted octanol–water partition coefficient (Wildman–Crippen LogP) is -1.65. The molecule has 268 valence electrons. The highest BCUT2D eigenvalue weighted by molar-refractivity contribution is 5.72. The number of piperidine rings is 2. The van der Waals surface area contributed by atoms with Gasteiger partial charge in [0.05, 0.1) is 49.2 Å². The predicted molar refractivity (Wildman–Crippen MR) is 185 cm³/mol. The maximum Gasteiger partial charge on any atom is 0.167 e. The average Bonchev–Trinajstić information content (AvgIpc) is 3.75. The van der Waals surface area contributed by atoms with Crippen LogP contribution < -0.4 is 43.8 Å². The maximum atomic E-state index is 10.4. The molecule has 11 aliphatic rings. The first-order chi connectivity index (χ1) is 24.6. The zero-order valence-corrected chi connectivity index (χ0v) is 32.5. The average molecular weight is 825 g/mol. The van der Waals surface area contributed by atoms with Gasteiger partial charge in [-0.05, 0) is 34.4 Å². The molecule has 2 unspecified atom stereocenters. The molecule has 2 aromatic carbocycles. The largest absolute Gasteiger partial charge is 1.00 e. The number of hydrogen-bond donors (Lipinski definition) is 0. The van der Waals surface area contributed by atoms with Gasteiger partial charge in [0.25, 0.3) is 0 Å². The van der Waals surface area contributed by atoms with Crippen LogP contribution in [0.4, 0.5) is 11.4 Å². The van der Waals surface area contributed by atoms with Crippen molar-refractivity contribution in [2.75, 3.05) is 62.3 Å². The Labute approximate surface area is 326 Å². The number of hydrogen-bond acceptors (Lipinski definition) is 6. The van der Waals surface area contributed by atoms with Gasteiger partial charge in [-0.2, -0.15) is 10.5 Å². The minimum absolute atomic E-state index is 0. The first-order valence-corrected chi connectivity index (χ1v) is 19.4. The second kappa shape index (κ2) is 10.5. The van der Waals surface area contributed by atoms with Gasteiger partial charge in [0.15, 0.2) is 13.1 Å². The van der Waals surface area contributed by atoms with Crippen molar-refractivity contribution in [2.24, 2.45) is 23.7 Å². The summed E-state index contributed by atoms with van der Waals surface area (Å²) in [5, 5.41) is 20.7. The fourth-order valence-electron chi connectivity index (χ4n) is 16.1. The minimum Gasteiger partial charge on any atom is -1.00 e. The van der Waals surface area contributed by atoms with E-state index in [-0.39, 0.29) is 81.2 Å². The molecule has 9 aliphatic heterocycles. The van der Waals surface area contributed by atoms with Gasteiger partial charge >= 0.3 is 0 Å². The lowest BCUT2D eigenvalue weighted by molar-refractivity contribution is -0.937. The number of halogens is 2. The minimum atomic E-state index is -0.0515. The number of quaternary nitrogens is 2. The van der Waals surface area contributed by atoms with Crippen LogP contribution in [0.1, 0.15) is 36.8 Å². The third kappa shape index (κ3) is 3.30. The maximum absolute atomic E-state index is 10.4. The molecule has 0 N–H and O–H groups in total. The second-order valence-corrected chi connectivity index (χ2v) is 18.0. The van der Waals surface area contributed by atoms with Crippen LogP contribution in [0.3, 0.4) is 0 Å². The highest BCUT2D eigenvalue weighted by Crippen LogP contribution is 2.72. The highest BCUT2D eigenvalue weighted by Gasteiger charge is 2.80. The summed E-state index contributed by atoms with van der Waals surface area (Å²) in [5.41, 5.74) is 8.82. The number of nitriles is 2. The van der Waals surface area contributed by atoms with Crippen molar-refractivity contribution >= 4 is 11.4 Å². The normalized spacial score (nSPS) is 47.7. The highest BCUT2D eigenvalue weighted by atomic mass is 79.9. The number of rotatable bonds is 2. The lowest BCUT2D eigenvalue weighted by Gasteiger charge is -2.65. The van der Waals surface area contributed by atoms with Gasteiger partial charge in [0.2, 0.25) is 0 Å². The summed E-state index contributed by atoms with van der Waals surface area (Å²) < 4.78 is 16.7. The Morgan fingerprint density at radius 1 is 0.673 bits per heavy atom. The van der Waals surface area contributed by atoms with Crippen molar-refractivity contribution in [3.05, 3.63) is 83.0 Å². The number of benzene rings is 2. The summed E-state index contributed by atoms with van der Waals surface area (Å²) >= 11 is 0. The molecular weight excluding hydrogens is 780 g/mol. The first-order valence-electron chi connectivity index (χ1n) is 19.4. The summed E-state index contributed by atoms with van der Waals surface area (Å²) in [4.78, 5) is 5.76. The Morgan fingerprint density at radius 2 is 1.12 bits per heavy atom. The number of para-hydroxylation sites is 2. The molecule has 0 aromatic heterocycles. The van der Waals surface area contributed by atoms with Crippen LogP contribution in [-0.2, 0) is 20.3 Å². The van der Waals surface area contributed by atoms with E-state index in [1.165, 1.54) is 22.5 Å². The summed E-state index contributed by atoms with van der Waals surface area (Å²) in [6.07, 6.45) is 9.30. The smallest absolute Gasteiger partial charge is 0.167 e. The van der Waals surface area contributed by atoms with Crippen molar-refractivity contribution in [1.82, 2.24) is 0 Å². The molecule has 10 heteroatoms. The number of nitrogens with zero attached hydrogens (tertiary/aromatic N) is 6. The van der Waals surface area contributed by atoms with Crippen molar-refractivity contribution in [1.29, 1.82) is 10.5 Å². The van der Waals surface area contributed by atoms with Crippen molar-refractivity contribution in [3.63, 3.8) is 0 Å². The van der Waals surface area contributed by atoms with E-state index in [4.69, 9.17) is 9.47 Å². The van der Waals surface area contributed by atoms with E-state index in [2.05, 4.69) is 82.6 Å². The molecule has 0 amide bonds. The molecule has 52 heavy (non-hydrogen) atoms. The Balaban J connectivity index is 0.00000160. The zero-order valence-electron chi connectivity index (χ0n) is 29.3. The van der Waals surface area contributed by atoms with Crippen molar-refractivity contribution in [2.45, 2.75) is 73.1 Å². The zero-order chi connectivity index (χ0) is 32.8. The van der Waals surface area contributed by atoms with Gasteiger partial charge in [-0.25, -0.2) is 0 Å². The number of ether oxygens (including phenoxy) is 2. The van der Waals surface area contributed by atoms with Crippen LogP contribution in [-0.4, -0.2) is 98.1 Å². The molecule has 2 aliphatic carbocycles. The van der Waals surface area contributed by atoms with E-state index >= 15 is 0 Å². The van der Waals surface area contributed by atoms with Crippen LogP contribution >= 0.6 is 0 Å². The Bertz CT molecular complexity index is 1930. The molecule has 7 fully saturated rings. The van der Waals surface area contributed by atoms with Crippen LogP contribution in [0, 0.1) is 46.3 Å². The Morgan fingerprint density at radius 3 is 1.56 bits per heavy atom. The topological polar surface area (TPSA) is 72.5 Å². The molecule has 13 rings (SSSR count). The van der Waals surface area contributed by atoms with Crippen LogP contribution in [0.5, 0.6) is 0 Å². The molecule has 0 radical (unpaired) electrons. The summed E-state index contributed by atoms with van der Waals surface area (Å²) in [6, 6.07) is 25.6. The third-order valence-electron chi connectivity index (χ3n) is 17.2. The summed E-state index contributed by atoms with van der Waals surface area (Å²) in [7, 11) is 0. The van der Waals surface area contributed by atoms with Gasteiger partial charge in [-0.15, -0.1) is 0 Å². The lowest BCUT2D eigenvalue weighted by Crippen LogP contribution is -3.00. The van der Waals surface area contributed by atoms with Gasteiger partial charge in [-0.1, -0.05) is 48.6 Å². The monoisotopic (exact) mass is 822 g/mol. The first kappa shape index (κ1) is 32.7. The Kier molecular flexibility index (Phi) is 6.62. The van der Waals surface area contributed by atoms with Gasteiger partial charge in [-0.3, -0.25) is 0 Å². The molecule has 2 aromatic rings. The van der Waals surface area contributed by atoms with E-state index in [1.807, 2.05) is 0 Å². The van der Waals surface area contributed by atoms with Crippen LogP contribution in [0.25, 0.3) is 0 Å². The molecule has 5 saturated heterocycles.